The molecule has 0 spiro atoms. The highest BCUT2D eigenvalue weighted by molar-refractivity contribution is 6.03. The van der Waals surface area contributed by atoms with Gasteiger partial charge in [-0.3, -0.25) is 24.5 Å². The summed E-state index contributed by atoms with van der Waals surface area (Å²) in [5.74, 6) is -2.11. The van der Waals surface area contributed by atoms with Crippen molar-refractivity contribution in [3.05, 3.63) is 58.3 Å². The number of carbonyl (C=O) groups is 3. The summed E-state index contributed by atoms with van der Waals surface area (Å²) < 4.78 is 14.0. The maximum absolute atomic E-state index is 13.0. The van der Waals surface area contributed by atoms with E-state index in [0.29, 0.717) is 5.69 Å². The number of rotatable bonds is 3. The third-order valence-corrected chi connectivity index (χ3v) is 3.65. The minimum atomic E-state index is -0.849. The molecular weight excluding hydrogens is 331 g/mol. The Hall–Kier alpha value is -3.36. The molecule has 1 aromatic heterocycles. The average Bonchev–Trinajstić information content (AvgIpc) is 2.58. The molecule has 0 bridgehead atoms. The maximum atomic E-state index is 13.0. The smallest absolute Gasteiger partial charge is 0.272 e. The van der Waals surface area contributed by atoms with Crippen LogP contribution in [0.5, 0.6) is 0 Å². The zero-order valence-corrected chi connectivity index (χ0v) is 12.9. The van der Waals surface area contributed by atoms with Gasteiger partial charge in [-0.15, -0.1) is 0 Å². The van der Waals surface area contributed by atoms with Crippen LogP contribution in [0.2, 0.25) is 0 Å². The Kier molecular flexibility index (Phi) is 4.38. The van der Waals surface area contributed by atoms with Gasteiger partial charge in [-0.25, -0.2) is 4.39 Å². The second-order valence-electron chi connectivity index (χ2n) is 5.42. The fourth-order valence-electron chi connectivity index (χ4n) is 2.36. The second kappa shape index (κ2) is 6.63. The van der Waals surface area contributed by atoms with E-state index >= 15 is 0 Å². The minimum absolute atomic E-state index is 0.0892. The van der Waals surface area contributed by atoms with E-state index in [1.54, 1.807) is 0 Å². The Balaban J connectivity index is 1.83. The number of imide groups is 1. The van der Waals surface area contributed by atoms with Gasteiger partial charge < -0.3 is 5.32 Å². The molecule has 1 aliphatic heterocycles. The van der Waals surface area contributed by atoms with E-state index in [4.69, 9.17) is 0 Å². The van der Waals surface area contributed by atoms with Gasteiger partial charge in [0.25, 0.3) is 11.5 Å². The number of benzene rings is 1. The highest BCUT2D eigenvalue weighted by atomic mass is 19.1. The molecule has 0 radical (unpaired) electrons. The van der Waals surface area contributed by atoms with Crippen LogP contribution in [-0.4, -0.2) is 33.5 Å². The van der Waals surface area contributed by atoms with Crippen LogP contribution in [0.3, 0.4) is 0 Å². The first kappa shape index (κ1) is 16.5. The summed E-state index contributed by atoms with van der Waals surface area (Å²) in [5.41, 5.74) is -0.292. The molecule has 128 valence electrons. The van der Waals surface area contributed by atoms with Gasteiger partial charge in [-0.2, -0.15) is 9.78 Å². The number of piperidine rings is 1. The normalized spacial score (nSPS) is 17.1. The van der Waals surface area contributed by atoms with Crippen LogP contribution in [0.1, 0.15) is 23.3 Å². The van der Waals surface area contributed by atoms with Crippen LogP contribution in [0, 0.1) is 5.82 Å². The molecule has 0 aliphatic carbocycles. The molecule has 25 heavy (non-hydrogen) atoms. The quantitative estimate of drug-likeness (QED) is 0.756. The summed E-state index contributed by atoms with van der Waals surface area (Å²) in [7, 11) is 0. The van der Waals surface area contributed by atoms with Crippen molar-refractivity contribution in [2.75, 3.05) is 0 Å². The number of hydrogen-bond donors (Lipinski definition) is 2. The van der Waals surface area contributed by atoms with Gasteiger partial charge >= 0.3 is 0 Å². The van der Waals surface area contributed by atoms with Crippen molar-refractivity contribution in [3.63, 3.8) is 0 Å². The van der Waals surface area contributed by atoms with Crippen LogP contribution >= 0.6 is 0 Å². The first-order valence-electron chi connectivity index (χ1n) is 7.45. The van der Waals surface area contributed by atoms with Crippen molar-refractivity contribution in [2.45, 2.75) is 18.9 Å². The lowest BCUT2D eigenvalue weighted by molar-refractivity contribution is -0.134. The Morgan fingerprint density at radius 2 is 1.88 bits per heavy atom. The lowest BCUT2D eigenvalue weighted by Gasteiger charge is -2.21. The summed E-state index contributed by atoms with van der Waals surface area (Å²) >= 11 is 0. The molecule has 2 heterocycles. The molecule has 2 aromatic rings. The Labute approximate surface area is 140 Å². The topological polar surface area (TPSA) is 110 Å². The summed E-state index contributed by atoms with van der Waals surface area (Å²) in [4.78, 5) is 47.0. The zero-order valence-electron chi connectivity index (χ0n) is 12.9. The van der Waals surface area contributed by atoms with Gasteiger partial charge in [0.05, 0.1) is 5.69 Å². The van der Waals surface area contributed by atoms with Gasteiger partial charge in [0.15, 0.2) is 0 Å². The van der Waals surface area contributed by atoms with Crippen LogP contribution < -0.4 is 16.2 Å². The van der Waals surface area contributed by atoms with E-state index in [-0.39, 0.29) is 18.5 Å². The molecule has 9 heteroatoms. The molecule has 0 saturated carbocycles. The first-order valence-corrected chi connectivity index (χ1v) is 7.45. The Morgan fingerprint density at radius 3 is 2.56 bits per heavy atom. The molecular formula is C16H13FN4O4. The highest BCUT2D eigenvalue weighted by Gasteiger charge is 2.28. The average molecular weight is 344 g/mol. The summed E-state index contributed by atoms with van der Waals surface area (Å²) in [6.07, 6.45) is 0.313. The van der Waals surface area contributed by atoms with Crippen molar-refractivity contribution < 1.29 is 18.8 Å². The molecule has 1 aromatic carbocycles. The van der Waals surface area contributed by atoms with Gasteiger partial charge in [0.2, 0.25) is 11.8 Å². The van der Waals surface area contributed by atoms with E-state index in [1.807, 2.05) is 0 Å². The highest BCUT2D eigenvalue weighted by Crippen LogP contribution is 2.07. The number of hydrogen-bond acceptors (Lipinski definition) is 5. The summed E-state index contributed by atoms with van der Waals surface area (Å²) in [6.45, 7) is 0. The lowest BCUT2D eigenvalue weighted by atomic mass is 10.1. The number of nitrogens with one attached hydrogen (secondary N) is 2. The maximum Gasteiger partial charge on any atom is 0.272 e. The third kappa shape index (κ3) is 3.60. The molecule has 3 amide bonds. The van der Waals surface area contributed by atoms with Crippen molar-refractivity contribution >= 4 is 17.7 Å². The SMILES string of the molecule is O=C1CCC(NC(=O)c2ccc(=O)n(-c3ccc(F)cc3)n2)C(=O)N1. The van der Waals surface area contributed by atoms with Gasteiger partial charge in [0.1, 0.15) is 17.6 Å². The molecule has 3 rings (SSSR count). The van der Waals surface area contributed by atoms with E-state index < -0.39 is 35.1 Å². The molecule has 1 atom stereocenters. The van der Waals surface area contributed by atoms with Gasteiger partial charge in [-0.1, -0.05) is 0 Å². The van der Waals surface area contributed by atoms with Gasteiger partial charge in [0, 0.05) is 12.5 Å². The largest absolute Gasteiger partial charge is 0.339 e. The van der Waals surface area contributed by atoms with Crippen LogP contribution in [0.25, 0.3) is 5.69 Å². The van der Waals surface area contributed by atoms with Crippen LogP contribution in [-0.2, 0) is 9.59 Å². The number of halogens is 1. The Bertz CT molecular complexity index is 907. The predicted octanol–water partition coefficient (Wildman–Crippen LogP) is -0.0934. The monoisotopic (exact) mass is 344 g/mol. The summed E-state index contributed by atoms with van der Waals surface area (Å²) in [6, 6.07) is 6.56. The van der Waals surface area contributed by atoms with Crippen LogP contribution in [0.4, 0.5) is 4.39 Å². The minimum Gasteiger partial charge on any atom is -0.339 e. The van der Waals surface area contributed by atoms with Crippen molar-refractivity contribution in [2.24, 2.45) is 0 Å². The van der Waals surface area contributed by atoms with E-state index in [2.05, 4.69) is 15.7 Å². The van der Waals surface area contributed by atoms with E-state index in [0.717, 1.165) is 10.7 Å². The van der Waals surface area contributed by atoms with Crippen molar-refractivity contribution in [1.29, 1.82) is 0 Å². The number of amides is 3. The summed E-state index contributed by atoms with van der Waals surface area (Å²) in [5, 5.41) is 8.55. The molecule has 8 nitrogen and oxygen atoms in total. The third-order valence-electron chi connectivity index (χ3n) is 3.65. The molecule has 1 saturated heterocycles. The predicted molar refractivity (Wildman–Crippen MR) is 83.4 cm³/mol. The first-order chi connectivity index (χ1) is 11.9. The van der Waals surface area contributed by atoms with E-state index in [9.17, 15) is 23.6 Å². The Morgan fingerprint density at radius 1 is 1.16 bits per heavy atom. The van der Waals surface area contributed by atoms with Crippen LogP contribution in [0.15, 0.2) is 41.2 Å². The fraction of sp³-hybridized carbons (Fsp3) is 0.188. The zero-order chi connectivity index (χ0) is 18.0. The fourth-order valence-corrected chi connectivity index (χ4v) is 2.36. The molecule has 1 unspecified atom stereocenters. The second-order valence-corrected chi connectivity index (χ2v) is 5.42. The number of carbonyl (C=O) groups excluding carboxylic acids is 3. The van der Waals surface area contributed by atoms with E-state index in [1.165, 1.54) is 30.3 Å². The molecule has 2 N–H and O–H groups in total. The van der Waals surface area contributed by atoms with Gasteiger partial charge in [-0.05, 0) is 36.8 Å². The number of nitrogens with zero attached hydrogens (tertiary/aromatic N) is 2. The standard InChI is InChI=1S/C16H13FN4O4/c17-9-1-3-10(4-2-9)21-14(23)8-6-12(20-21)16(25)18-11-5-7-13(22)19-15(11)24/h1-4,6,8,11H,5,7H2,(H,18,25)(H,19,22,24). The molecule has 1 aliphatic rings. The number of aromatic nitrogens is 2. The lowest BCUT2D eigenvalue weighted by Crippen LogP contribution is -2.52. The molecule has 1 fully saturated rings. The van der Waals surface area contributed by atoms with Crippen molar-refractivity contribution in [1.82, 2.24) is 20.4 Å². The van der Waals surface area contributed by atoms with Crippen molar-refractivity contribution in [3.8, 4) is 5.69 Å².